The quantitative estimate of drug-likeness (QED) is 0.207. The third-order valence-electron chi connectivity index (χ3n) is 3.70. The maximum atomic E-state index is 12.2. The second-order valence-corrected chi connectivity index (χ2v) is 5.09. The van der Waals surface area contributed by atoms with Gasteiger partial charge >= 0.3 is 17.6 Å². The molecule has 3 N–H and O–H groups in total. The number of imide groups is 2. The molecular formula is C15H10N2O8. The first-order valence-electron chi connectivity index (χ1n) is 6.84. The molecule has 128 valence electrons. The number of methoxy groups -OCH3 is 1. The minimum Gasteiger partial charge on any atom is -0.507 e. The molecule has 0 aromatic heterocycles. The Kier molecular flexibility index (Phi) is 3.52. The molecule has 2 aliphatic heterocycles. The van der Waals surface area contributed by atoms with Gasteiger partial charge in [0.05, 0.1) is 7.11 Å². The first-order chi connectivity index (χ1) is 11.8. The van der Waals surface area contributed by atoms with Gasteiger partial charge in [0.1, 0.15) is 17.1 Å². The summed E-state index contributed by atoms with van der Waals surface area (Å²) in [7, 11) is 1.42. The standard InChI is InChI=1S/C15H10N2O8/c1-24-7-4-2-6(3-5-7)9(18)8-10(19)11(20)25-15(8)12(21)16-14(23)17-13(15)22/h2-5,18H,1H3,(H2,16,17,21,22,23)/b9-8+. The van der Waals surface area contributed by atoms with E-state index in [0.717, 1.165) is 0 Å². The summed E-state index contributed by atoms with van der Waals surface area (Å²) < 4.78 is 9.63. The zero-order chi connectivity index (χ0) is 18.4. The summed E-state index contributed by atoms with van der Waals surface area (Å²) in [4.78, 5) is 59.4. The van der Waals surface area contributed by atoms with E-state index in [4.69, 9.17) is 4.74 Å². The third kappa shape index (κ3) is 2.23. The highest BCUT2D eigenvalue weighted by molar-refractivity contribution is 6.50. The van der Waals surface area contributed by atoms with Crippen LogP contribution in [0.2, 0.25) is 0 Å². The average molecular weight is 346 g/mol. The van der Waals surface area contributed by atoms with Crippen LogP contribution in [0.15, 0.2) is 29.8 Å². The van der Waals surface area contributed by atoms with E-state index < -0.39 is 46.5 Å². The van der Waals surface area contributed by atoms with Gasteiger partial charge in [0, 0.05) is 5.56 Å². The van der Waals surface area contributed by atoms with Crippen LogP contribution in [0, 0.1) is 0 Å². The molecule has 4 amide bonds. The molecule has 0 bridgehead atoms. The van der Waals surface area contributed by atoms with E-state index in [-0.39, 0.29) is 5.56 Å². The van der Waals surface area contributed by atoms with Crippen molar-refractivity contribution in [2.45, 2.75) is 5.60 Å². The number of nitrogens with one attached hydrogen (secondary N) is 2. The van der Waals surface area contributed by atoms with Gasteiger partial charge in [0.2, 0.25) is 0 Å². The molecule has 0 radical (unpaired) electrons. The van der Waals surface area contributed by atoms with Crippen LogP contribution in [0.25, 0.3) is 5.76 Å². The number of benzene rings is 1. The fourth-order valence-corrected chi connectivity index (χ4v) is 2.50. The number of hydrogen-bond acceptors (Lipinski definition) is 8. The SMILES string of the molecule is COc1ccc(/C(O)=C2/C(=O)C(=O)OC23C(=O)NC(=O)NC3=O)cc1. The number of esters is 1. The molecule has 2 aliphatic rings. The van der Waals surface area contributed by atoms with Crippen molar-refractivity contribution < 1.29 is 38.6 Å². The molecule has 25 heavy (non-hydrogen) atoms. The monoisotopic (exact) mass is 346 g/mol. The largest absolute Gasteiger partial charge is 0.507 e. The van der Waals surface area contributed by atoms with E-state index in [9.17, 15) is 29.1 Å². The Morgan fingerprint density at radius 1 is 1.04 bits per heavy atom. The van der Waals surface area contributed by atoms with Gasteiger partial charge in [0.25, 0.3) is 17.6 Å². The molecule has 2 saturated heterocycles. The fraction of sp³-hybridized carbons (Fsp3) is 0.133. The highest BCUT2D eigenvalue weighted by Gasteiger charge is 2.66. The van der Waals surface area contributed by atoms with E-state index in [1.165, 1.54) is 31.4 Å². The zero-order valence-corrected chi connectivity index (χ0v) is 12.6. The van der Waals surface area contributed by atoms with Crippen molar-refractivity contribution in [1.29, 1.82) is 0 Å². The van der Waals surface area contributed by atoms with Gasteiger partial charge in [-0.05, 0) is 24.3 Å². The molecule has 1 aromatic rings. The van der Waals surface area contributed by atoms with Crippen LogP contribution in [0.4, 0.5) is 4.79 Å². The second-order valence-electron chi connectivity index (χ2n) is 5.09. The smallest absolute Gasteiger partial charge is 0.381 e. The third-order valence-corrected chi connectivity index (χ3v) is 3.70. The lowest BCUT2D eigenvalue weighted by atomic mass is 9.87. The number of urea groups is 1. The van der Waals surface area contributed by atoms with E-state index in [0.29, 0.717) is 5.75 Å². The lowest BCUT2D eigenvalue weighted by Gasteiger charge is -2.29. The highest BCUT2D eigenvalue weighted by Crippen LogP contribution is 2.37. The van der Waals surface area contributed by atoms with Crippen LogP contribution in [-0.2, 0) is 23.9 Å². The Hall–Kier alpha value is -3.69. The van der Waals surface area contributed by atoms with Gasteiger partial charge < -0.3 is 14.6 Å². The van der Waals surface area contributed by atoms with E-state index in [2.05, 4.69) is 4.74 Å². The zero-order valence-electron chi connectivity index (χ0n) is 12.6. The first-order valence-corrected chi connectivity index (χ1v) is 6.84. The predicted octanol–water partition coefficient (Wildman–Crippen LogP) is -0.805. The Morgan fingerprint density at radius 2 is 1.60 bits per heavy atom. The number of barbiturate groups is 1. The Morgan fingerprint density at radius 3 is 2.12 bits per heavy atom. The molecule has 0 unspecified atom stereocenters. The number of ether oxygens (including phenoxy) is 2. The number of ketones is 1. The molecule has 3 rings (SSSR count). The van der Waals surface area contributed by atoms with Crippen molar-refractivity contribution in [3.05, 3.63) is 35.4 Å². The van der Waals surface area contributed by atoms with Crippen molar-refractivity contribution in [2.24, 2.45) is 0 Å². The second kappa shape index (κ2) is 5.44. The molecule has 2 heterocycles. The lowest BCUT2D eigenvalue weighted by Crippen LogP contribution is -2.67. The minimum absolute atomic E-state index is 0.0272. The minimum atomic E-state index is -2.77. The van der Waals surface area contributed by atoms with Crippen molar-refractivity contribution in [3.8, 4) is 5.75 Å². The van der Waals surface area contributed by atoms with Gasteiger partial charge in [-0.25, -0.2) is 9.59 Å². The molecule has 0 aliphatic carbocycles. The van der Waals surface area contributed by atoms with Gasteiger partial charge in [-0.3, -0.25) is 25.0 Å². The topological polar surface area (TPSA) is 148 Å². The van der Waals surface area contributed by atoms with E-state index in [1.54, 1.807) is 10.6 Å². The number of rotatable bonds is 2. The number of aliphatic hydroxyl groups is 1. The van der Waals surface area contributed by atoms with Crippen LogP contribution in [0.3, 0.4) is 0 Å². The van der Waals surface area contributed by atoms with E-state index >= 15 is 0 Å². The van der Waals surface area contributed by atoms with Crippen molar-refractivity contribution in [2.75, 3.05) is 7.11 Å². The van der Waals surface area contributed by atoms with Gasteiger partial charge in [-0.15, -0.1) is 0 Å². The number of Topliss-reactive ketones (excluding diaryl/α,β-unsaturated/α-hetero) is 1. The van der Waals surface area contributed by atoms with Crippen LogP contribution in [-0.4, -0.2) is 47.4 Å². The molecule has 1 spiro atoms. The summed E-state index contributed by atoms with van der Waals surface area (Å²) in [6.07, 6.45) is 0. The normalized spacial score (nSPS) is 20.9. The van der Waals surface area contributed by atoms with Crippen molar-refractivity contribution >= 4 is 35.4 Å². The molecule has 10 nitrogen and oxygen atoms in total. The maximum Gasteiger partial charge on any atom is 0.381 e. The molecule has 0 saturated carbocycles. The van der Waals surface area contributed by atoms with Crippen LogP contribution in [0.5, 0.6) is 5.75 Å². The average Bonchev–Trinajstić information content (AvgIpc) is 2.85. The number of aliphatic hydroxyl groups excluding tert-OH is 1. The fourth-order valence-electron chi connectivity index (χ4n) is 2.50. The number of hydrogen-bond donors (Lipinski definition) is 3. The van der Waals surface area contributed by atoms with Crippen LogP contribution < -0.4 is 15.4 Å². The van der Waals surface area contributed by atoms with Crippen molar-refractivity contribution in [1.82, 2.24) is 10.6 Å². The Labute approximate surface area is 139 Å². The summed E-state index contributed by atoms with van der Waals surface area (Å²) in [6, 6.07) is 4.44. The Bertz CT molecular complexity index is 848. The number of carbonyl (C=O) groups excluding carboxylic acids is 5. The van der Waals surface area contributed by atoms with Gasteiger partial charge in [0.15, 0.2) is 0 Å². The molecule has 1 aromatic carbocycles. The Balaban J connectivity index is 2.20. The van der Waals surface area contributed by atoms with Crippen molar-refractivity contribution in [3.63, 3.8) is 0 Å². The summed E-state index contributed by atoms with van der Waals surface area (Å²) in [5.74, 6) is -5.94. The van der Waals surface area contributed by atoms with Gasteiger partial charge in [-0.1, -0.05) is 0 Å². The molecule has 2 fully saturated rings. The number of carbonyl (C=O) groups is 5. The maximum absolute atomic E-state index is 12.2. The summed E-state index contributed by atoms with van der Waals surface area (Å²) >= 11 is 0. The summed E-state index contributed by atoms with van der Waals surface area (Å²) in [6.45, 7) is 0. The van der Waals surface area contributed by atoms with Crippen LogP contribution >= 0.6 is 0 Å². The van der Waals surface area contributed by atoms with E-state index in [1.807, 2.05) is 0 Å². The lowest BCUT2D eigenvalue weighted by molar-refractivity contribution is -0.165. The van der Waals surface area contributed by atoms with Gasteiger partial charge in [-0.2, -0.15) is 0 Å². The summed E-state index contributed by atoms with van der Waals surface area (Å²) in [5, 5.41) is 13.9. The molecule has 10 heteroatoms. The molecular weight excluding hydrogens is 336 g/mol. The van der Waals surface area contributed by atoms with Crippen LogP contribution in [0.1, 0.15) is 5.56 Å². The summed E-state index contributed by atoms with van der Waals surface area (Å²) in [5.41, 5.74) is -3.61. The number of amides is 4. The first kappa shape index (κ1) is 16.2. The molecule has 0 atom stereocenters. The highest BCUT2D eigenvalue weighted by atomic mass is 16.6. The predicted molar refractivity (Wildman–Crippen MR) is 78.1 cm³/mol.